The number of hydrogen-bond donors (Lipinski definition) is 0. The number of fused-ring (bicyclic) bond motifs is 1. The van der Waals surface area contributed by atoms with Crippen LogP contribution < -0.4 is 0 Å². The third-order valence-corrected chi connectivity index (χ3v) is 2.49. The summed E-state index contributed by atoms with van der Waals surface area (Å²) in [6.45, 7) is 1.89. The lowest BCUT2D eigenvalue weighted by Crippen LogP contribution is -2.03. The van der Waals surface area contributed by atoms with Crippen molar-refractivity contribution in [1.29, 1.82) is 0 Å². The molecule has 90 valence electrons. The molecule has 0 saturated carbocycles. The monoisotopic (exact) mass is 239 g/mol. The summed E-state index contributed by atoms with van der Waals surface area (Å²) >= 11 is 0. The number of halogens is 2. The minimum Gasteiger partial charge on any atom is -0.462 e. The van der Waals surface area contributed by atoms with Crippen LogP contribution in [-0.2, 0) is 11.8 Å². The molecule has 0 unspecified atom stereocenters. The topological polar surface area (TPSA) is 31.2 Å². The molecular formula is C12H11F2NO2. The summed E-state index contributed by atoms with van der Waals surface area (Å²) in [4.78, 5) is 11.6. The van der Waals surface area contributed by atoms with Crippen molar-refractivity contribution >= 4 is 16.9 Å². The lowest BCUT2D eigenvalue weighted by molar-refractivity contribution is 0.0528. The Kier molecular flexibility index (Phi) is 2.83. The van der Waals surface area contributed by atoms with E-state index in [0.29, 0.717) is 0 Å². The quantitative estimate of drug-likeness (QED) is 0.754. The van der Waals surface area contributed by atoms with Gasteiger partial charge in [-0.15, -0.1) is 0 Å². The summed E-state index contributed by atoms with van der Waals surface area (Å²) in [6, 6.07) is 1.92. The first-order chi connectivity index (χ1) is 8.04. The second-order valence-electron chi connectivity index (χ2n) is 3.66. The molecule has 0 bridgehead atoms. The average Bonchev–Trinajstić information content (AvgIpc) is 2.56. The zero-order valence-electron chi connectivity index (χ0n) is 9.46. The molecule has 1 aromatic heterocycles. The van der Waals surface area contributed by atoms with Crippen LogP contribution in [0.4, 0.5) is 8.78 Å². The van der Waals surface area contributed by atoms with Crippen LogP contribution >= 0.6 is 0 Å². The highest BCUT2D eigenvalue weighted by molar-refractivity contribution is 6.04. The third kappa shape index (κ3) is 1.88. The number of carbonyl (C=O) groups excluding carboxylic acids is 1. The van der Waals surface area contributed by atoms with Gasteiger partial charge in [-0.1, -0.05) is 0 Å². The fourth-order valence-corrected chi connectivity index (χ4v) is 1.83. The summed E-state index contributed by atoms with van der Waals surface area (Å²) < 4.78 is 33.0. The molecule has 1 aromatic carbocycles. The van der Waals surface area contributed by atoms with Crippen LogP contribution in [0.1, 0.15) is 17.3 Å². The summed E-state index contributed by atoms with van der Waals surface area (Å²) in [5, 5.41) is 0.225. The maximum absolute atomic E-state index is 13.6. The zero-order valence-corrected chi connectivity index (χ0v) is 9.46. The Morgan fingerprint density at radius 2 is 2.12 bits per heavy atom. The number of aromatic nitrogens is 1. The van der Waals surface area contributed by atoms with Crippen molar-refractivity contribution in [3.63, 3.8) is 0 Å². The van der Waals surface area contributed by atoms with Gasteiger partial charge < -0.3 is 9.30 Å². The Labute approximate surface area is 96.6 Å². The van der Waals surface area contributed by atoms with Gasteiger partial charge in [-0.3, -0.25) is 0 Å². The minimum absolute atomic E-state index is 0.169. The lowest BCUT2D eigenvalue weighted by Gasteiger charge is -2.00. The van der Waals surface area contributed by atoms with Crippen molar-refractivity contribution in [2.24, 2.45) is 7.05 Å². The SMILES string of the molecule is CCOC(=O)c1cn(C)c2c(F)cc(F)cc12. The van der Waals surface area contributed by atoms with Gasteiger partial charge in [-0.2, -0.15) is 0 Å². The highest BCUT2D eigenvalue weighted by Gasteiger charge is 2.18. The van der Waals surface area contributed by atoms with Crippen LogP contribution in [-0.4, -0.2) is 17.1 Å². The van der Waals surface area contributed by atoms with Crippen molar-refractivity contribution in [3.8, 4) is 0 Å². The molecule has 0 aliphatic rings. The van der Waals surface area contributed by atoms with Gasteiger partial charge in [0.15, 0.2) is 0 Å². The van der Waals surface area contributed by atoms with Crippen LogP contribution in [0.5, 0.6) is 0 Å². The van der Waals surface area contributed by atoms with Gasteiger partial charge in [-0.25, -0.2) is 13.6 Å². The van der Waals surface area contributed by atoms with Gasteiger partial charge in [0.05, 0.1) is 17.7 Å². The van der Waals surface area contributed by atoms with Gasteiger partial charge in [0.2, 0.25) is 0 Å². The number of aryl methyl sites for hydroxylation is 1. The third-order valence-electron chi connectivity index (χ3n) is 2.49. The Bertz CT molecular complexity index is 590. The van der Waals surface area contributed by atoms with E-state index in [1.807, 2.05) is 0 Å². The lowest BCUT2D eigenvalue weighted by atomic mass is 10.1. The zero-order chi connectivity index (χ0) is 12.6. The first-order valence-electron chi connectivity index (χ1n) is 5.15. The molecule has 5 heteroatoms. The van der Waals surface area contributed by atoms with E-state index < -0.39 is 17.6 Å². The number of esters is 1. The van der Waals surface area contributed by atoms with Gasteiger partial charge in [0, 0.05) is 24.7 Å². The number of hydrogen-bond acceptors (Lipinski definition) is 2. The molecule has 2 rings (SSSR count). The molecule has 0 radical (unpaired) electrons. The Balaban J connectivity index is 2.70. The van der Waals surface area contributed by atoms with Crippen LogP contribution in [0.25, 0.3) is 10.9 Å². The van der Waals surface area contributed by atoms with Crippen molar-refractivity contribution in [1.82, 2.24) is 4.57 Å². The first-order valence-corrected chi connectivity index (χ1v) is 5.15. The van der Waals surface area contributed by atoms with E-state index in [9.17, 15) is 13.6 Å². The number of carbonyl (C=O) groups is 1. The smallest absolute Gasteiger partial charge is 0.340 e. The molecule has 2 aromatic rings. The first kappa shape index (κ1) is 11.6. The van der Waals surface area contributed by atoms with E-state index in [1.165, 1.54) is 10.8 Å². The molecule has 17 heavy (non-hydrogen) atoms. The molecule has 0 aliphatic heterocycles. The van der Waals surface area contributed by atoms with Crippen molar-refractivity contribution in [3.05, 3.63) is 35.5 Å². The van der Waals surface area contributed by atoms with Crippen LogP contribution in [0.3, 0.4) is 0 Å². The molecule has 0 atom stereocenters. The molecule has 0 amide bonds. The standard InChI is InChI=1S/C12H11F2NO2/c1-3-17-12(16)9-6-15(2)11-8(9)4-7(13)5-10(11)14/h4-6H,3H2,1-2H3. The minimum atomic E-state index is -0.716. The van der Waals surface area contributed by atoms with Gasteiger partial charge in [-0.05, 0) is 13.0 Å². The van der Waals surface area contributed by atoms with E-state index in [-0.39, 0.29) is 23.1 Å². The largest absolute Gasteiger partial charge is 0.462 e. The number of ether oxygens (including phenoxy) is 1. The number of rotatable bonds is 2. The van der Waals surface area contributed by atoms with E-state index in [2.05, 4.69) is 0 Å². The molecule has 0 aliphatic carbocycles. The summed E-state index contributed by atoms with van der Waals surface area (Å²) in [5.74, 6) is -1.99. The summed E-state index contributed by atoms with van der Waals surface area (Å²) in [5.41, 5.74) is 0.359. The molecule has 3 nitrogen and oxygen atoms in total. The second-order valence-corrected chi connectivity index (χ2v) is 3.66. The maximum atomic E-state index is 13.6. The van der Waals surface area contributed by atoms with E-state index in [0.717, 1.165) is 12.1 Å². The molecule has 0 spiro atoms. The molecule has 0 saturated heterocycles. The molecule has 0 N–H and O–H groups in total. The molecular weight excluding hydrogens is 228 g/mol. The average molecular weight is 239 g/mol. The Morgan fingerprint density at radius 3 is 2.76 bits per heavy atom. The van der Waals surface area contributed by atoms with E-state index >= 15 is 0 Å². The fraction of sp³-hybridized carbons (Fsp3) is 0.250. The van der Waals surface area contributed by atoms with Gasteiger partial charge in [0.1, 0.15) is 11.6 Å². The number of nitrogens with zero attached hydrogens (tertiary/aromatic N) is 1. The van der Waals surface area contributed by atoms with Crippen LogP contribution in [0, 0.1) is 11.6 Å². The van der Waals surface area contributed by atoms with Crippen molar-refractivity contribution in [2.45, 2.75) is 6.92 Å². The highest BCUT2D eigenvalue weighted by Crippen LogP contribution is 2.25. The second kappa shape index (κ2) is 4.16. The van der Waals surface area contributed by atoms with Crippen LogP contribution in [0.2, 0.25) is 0 Å². The fourth-order valence-electron chi connectivity index (χ4n) is 1.83. The predicted molar refractivity (Wildman–Crippen MR) is 58.8 cm³/mol. The summed E-state index contributed by atoms with van der Waals surface area (Å²) in [6.07, 6.45) is 1.44. The summed E-state index contributed by atoms with van der Waals surface area (Å²) in [7, 11) is 1.59. The normalized spacial score (nSPS) is 10.8. The van der Waals surface area contributed by atoms with Crippen LogP contribution in [0.15, 0.2) is 18.3 Å². The molecule has 1 heterocycles. The molecule has 0 fully saturated rings. The van der Waals surface area contributed by atoms with Crippen molar-refractivity contribution in [2.75, 3.05) is 6.61 Å². The van der Waals surface area contributed by atoms with E-state index in [4.69, 9.17) is 4.74 Å². The predicted octanol–water partition coefficient (Wildman–Crippen LogP) is 2.63. The van der Waals surface area contributed by atoms with Gasteiger partial charge in [0.25, 0.3) is 0 Å². The Hall–Kier alpha value is -1.91. The highest BCUT2D eigenvalue weighted by atomic mass is 19.1. The van der Waals surface area contributed by atoms with E-state index in [1.54, 1.807) is 14.0 Å². The number of benzene rings is 1. The maximum Gasteiger partial charge on any atom is 0.340 e. The van der Waals surface area contributed by atoms with Crippen molar-refractivity contribution < 1.29 is 18.3 Å². The van der Waals surface area contributed by atoms with Gasteiger partial charge >= 0.3 is 5.97 Å². The Morgan fingerprint density at radius 1 is 1.41 bits per heavy atom.